The molecule has 0 unspecified atom stereocenters. The van der Waals surface area contributed by atoms with E-state index in [0.717, 1.165) is 0 Å². The van der Waals surface area contributed by atoms with Crippen LogP contribution in [-0.2, 0) is 10.8 Å². The van der Waals surface area contributed by atoms with Crippen molar-refractivity contribution < 1.29 is 0 Å². The summed E-state index contributed by atoms with van der Waals surface area (Å²) in [6.07, 6.45) is 7.15. The van der Waals surface area contributed by atoms with Crippen LogP contribution < -0.4 is 0 Å². The van der Waals surface area contributed by atoms with E-state index in [9.17, 15) is 0 Å². The quantitative estimate of drug-likeness (QED) is 0.484. The number of benzene rings is 2. The summed E-state index contributed by atoms with van der Waals surface area (Å²) in [4.78, 5) is 0. The number of hydrogen-bond donors (Lipinski definition) is 0. The molecule has 0 bridgehead atoms. The molecule has 0 aliphatic heterocycles. The van der Waals surface area contributed by atoms with Crippen LogP contribution >= 0.6 is 0 Å². The van der Waals surface area contributed by atoms with E-state index in [4.69, 9.17) is 0 Å². The van der Waals surface area contributed by atoms with Gasteiger partial charge in [0.05, 0.1) is 0 Å². The van der Waals surface area contributed by atoms with Crippen LogP contribution in [0.3, 0.4) is 0 Å². The second kappa shape index (κ2) is 4.80. The van der Waals surface area contributed by atoms with E-state index in [-0.39, 0.29) is 10.8 Å². The van der Waals surface area contributed by atoms with Gasteiger partial charge in [0, 0.05) is 10.8 Å². The van der Waals surface area contributed by atoms with Crippen molar-refractivity contribution in [3.8, 4) is 11.1 Å². The minimum absolute atomic E-state index is 0.0596. The van der Waals surface area contributed by atoms with Crippen LogP contribution in [0.25, 0.3) is 16.7 Å². The Bertz CT molecular complexity index is 1040. The van der Waals surface area contributed by atoms with Crippen molar-refractivity contribution in [2.45, 2.75) is 65.2 Å². The van der Waals surface area contributed by atoms with Crippen molar-refractivity contribution in [2.75, 3.05) is 0 Å². The van der Waals surface area contributed by atoms with Crippen LogP contribution in [0.4, 0.5) is 0 Å². The molecule has 2 aromatic carbocycles. The van der Waals surface area contributed by atoms with Crippen molar-refractivity contribution in [3.05, 3.63) is 75.4 Å². The van der Waals surface area contributed by atoms with Gasteiger partial charge in [-0.2, -0.15) is 0 Å². The zero-order chi connectivity index (χ0) is 18.4. The van der Waals surface area contributed by atoms with Crippen LogP contribution in [0.1, 0.15) is 73.9 Å². The molecule has 0 heteroatoms. The third-order valence-electron chi connectivity index (χ3n) is 7.38. The Morgan fingerprint density at radius 1 is 0.808 bits per heavy atom. The summed E-state index contributed by atoms with van der Waals surface area (Å²) in [5.41, 5.74) is 15.5. The molecule has 0 atom stereocenters. The lowest BCUT2D eigenvalue weighted by Gasteiger charge is -2.33. The molecule has 0 amide bonds. The van der Waals surface area contributed by atoms with E-state index in [1.807, 2.05) is 0 Å². The maximum Gasteiger partial charge on any atom is 0.0162 e. The fourth-order valence-corrected chi connectivity index (χ4v) is 6.00. The van der Waals surface area contributed by atoms with Crippen molar-refractivity contribution in [1.82, 2.24) is 0 Å². The molecule has 3 aliphatic rings. The first-order valence-corrected chi connectivity index (χ1v) is 9.96. The van der Waals surface area contributed by atoms with Gasteiger partial charge in [-0.3, -0.25) is 0 Å². The van der Waals surface area contributed by atoms with Crippen LogP contribution in [0.5, 0.6) is 0 Å². The standard InChI is InChI=1S/C26H28/c1-15-16(2)22-18-12-8-10-14-20(18)26(5,6)24(22)23-21(15)17-11-7-9-13-19(17)25(23,3)4/h7-9,11-13H,10,14H2,1-6H3. The fraction of sp³-hybridized carbons (Fsp3) is 0.385. The molecule has 2 aromatic rings. The van der Waals surface area contributed by atoms with Crippen LogP contribution in [-0.4, -0.2) is 0 Å². The van der Waals surface area contributed by atoms with E-state index >= 15 is 0 Å². The summed E-state index contributed by atoms with van der Waals surface area (Å²) in [6.45, 7) is 14.5. The van der Waals surface area contributed by atoms with Crippen LogP contribution in [0.2, 0.25) is 0 Å². The summed E-state index contributed by atoms with van der Waals surface area (Å²) >= 11 is 0. The van der Waals surface area contributed by atoms with Gasteiger partial charge in [-0.25, -0.2) is 0 Å². The molecule has 0 saturated carbocycles. The lowest BCUT2D eigenvalue weighted by Crippen LogP contribution is -2.26. The largest absolute Gasteiger partial charge is 0.0836 e. The van der Waals surface area contributed by atoms with Gasteiger partial charge in [0.15, 0.2) is 0 Å². The Labute approximate surface area is 157 Å². The highest BCUT2D eigenvalue weighted by atomic mass is 14.5. The Morgan fingerprint density at radius 2 is 1.46 bits per heavy atom. The SMILES string of the molecule is Cc1c(C)c2c(c3c1C1=C(CCC=C1)C3(C)C)C(C)(C)c1ccccc1-2. The second-order valence-electron chi connectivity index (χ2n) is 9.38. The fourth-order valence-electron chi connectivity index (χ4n) is 6.00. The van der Waals surface area contributed by atoms with E-state index in [2.05, 4.69) is 78.0 Å². The molecule has 26 heavy (non-hydrogen) atoms. The van der Waals surface area contributed by atoms with E-state index < -0.39 is 0 Å². The van der Waals surface area contributed by atoms with E-state index in [1.165, 1.54) is 51.8 Å². The molecule has 5 rings (SSSR count). The van der Waals surface area contributed by atoms with Gasteiger partial charge >= 0.3 is 0 Å². The van der Waals surface area contributed by atoms with Crippen molar-refractivity contribution in [2.24, 2.45) is 0 Å². The first-order chi connectivity index (χ1) is 12.3. The van der Waals surface area contributed by atoms with E-state index in [0.29, 0.717) is 0 Å². The lowest BCUT2D eigenvalue weighted by atomic mass is 9.70. The maximum atomic E-state index is 2.46. The highest BCUT2D eigenvalue weighted by molar-refractivity contribution is 5.95. The number of allylic oxidation sites excluding steroid dienone is 4. The molecule has 0 nitrogen and oxygen atoms in total. The van der Waals surface area contributed by atoms with Crippen LogP contribution in [0, 0.1) is 13.8 Å². The highest BCUT2D eigenvalue weighted by Crippen LogP contribution is 2.60. The Hall–Kier alpha value is -2.08. The van der Waals surface area contributed by atoms with Gasteiger partial charge in [-0.05, 0) is 76.8 Å². The number of rotatable bonds is 0. The molecule has 3 aliphatic carbocycles. The molecule has 0 fully saturated rings. The average molecular weight is 341 g/mol. The first-order valence-electron chi connectivity index (χ1n) is 9.96. The van der Waals surface area contributed by atoms with E-state index in [1.54, 1.807) is 16.7 Å². The average Bonchev–Trinajstić information content (AvgIpc) is 2.99. The Morgan fingerprint density at radius 3 is 2.23 bits per heavy atom. The molecule has 0 N–H and O–H groups in total. The molecule has 0 aromatic heterocycles. The summed E-state index contributed by atoms with van der Waals surface area (Å²) in [7, 11) is 0. The molecule has 0 radical (unpaired) electrons. The minimum Gasteiger partial charge on any atom is -0.0836 e. The molecule has 132 valence electrons. The summed E-state index contributed by atoms with van der Waals surface area (Å²) in [6, 6.07) is 9.07. The predicted molar refractivity (Wildman–Crippen MR) is 112 cm³/mol. The third kappa shape index (κ3) is 1.66. The predicted octanol–water partition coefficient (Wildman–Crippen LogP) is 7.00. The van der Waals surface area contributed by atoms with Gasteiger partial charge in [-0.15, -0.1) is 0 Å². The van der Waals surface area contributed by atoms with Crippen molar-refractivity contribution in [1.29, 1.82) is 0 Å². The molecular formula is C26H28. The van der Waals surface area contributed by atoms with Crippen molar-refractivity contribution >= 4 is 5.57 Å². The number of hydrogen-bond acceptors (Lipinski definition) is 0. The third-order valence-corrected chi connectivity index (χ3v) is 7.38. The van der Waals surface area contributed by atoms with Gasteiger partial charge in [0.2, 0.25) is 0 Å². The highest BCUT2D eigenvalue weighted by Gasteiger charge is 2.47. The molecular weight excluding hydrogens is 312 g/mol. The lowest BCUT2D eigenvalue weighted by molar-refractivity contribution is 0.572. The number of fused-ring (bicyclic) bond motifs is 6. The summed E-state index contributed by atoms with van der Waals surface area (Å²) in [5.74, 6) is 0. The zero-order valence-electron chi connectivity index (χ0n) is 16.9. The normalized spacial score (nSPS) is 20.7. The topological polar surface area (TPSA) is 0 Å². The van der Waals surface area contributed by atoms with Gasteiger partial charge < -0.3 is 0 Å². The Kier molecular flexibility index (Phi) is 2.97. The zero-order valence-corrected chi connectivity index (χ0v) is 16.9. The van der Waals surface area contributed by atoms with Crippen LogP contribution in [0.15, 0.2) is 42.0 Å². The Balaban J connectivity index is 1.97. The van der Waals surface area contributed by atoms with Crippen molar-refractivity contribution in [3.63, 3.8) is 0 Å². The molecule has 0 saturated heterocycles. The minimum atomic E-state index is 0.0596. The smallest absolute Gasteiger partial charge is 0.0162 e. The maximum absolute atomic E-state index is 2.46. The summed E-state index contributed by atoms with van der Waals surface area (Å²) < 4.78 is 0. The summed E-state index contributed by atoms with van der Waals surface area (Å²) in [5, 5.41) is 0. The second-order valence-corrected chi connectivity index (χ2v) is 9.38. The van der Waals surface area contributed by atoms with Gasteiger partial charge in [0.1, 0.15) is 0 Å². The molecule has 0 spiro atoms. The van der Waals surface area contributed by atoms with Gasteiger partial charge in [0.25, 0.3) is 0 Å². The monoisotopic (exact) mass is 340 g/mol. The first kappa shape index (κ1) is 16.1. The van der Waals surface area contributed by atoms with Gasteiger partial charge in [-0.1, -0.05) is 69.7 Å². The molecule has 0 heterocycles.